The normalized spacial score (nSPS) is 9.65. The fourth-order valence-electron chi connectivity index (χ4n) is 1.23. The van der Waals surface area contributed by atoms with E-state index in [0.29, 0.717) is 11.1 Å². The van der Waals surface area contributed by atoms with Crippen LogP contribution < -0.4 is 0 Å². The molecule has 1 rings (SSSR count). The first-order valence-electron chi connectivity index (χ1n) is 4.43. The van der Waals surface area contributed by atoms with Crippen LogP contribution in [0.4, 0.5) is 0 Å². The predicted molar refractivity (Wildman–Crippen MR) is 64.3 cm³/mol. The number of benzene rings is 1. The Bertz CT molecular complexity index is 386. The number of ether oxygens (including phenoxy) is 2. The Kier molecular flexibility index (Phi) is 10.1. The van der Waals surface area contributed by atoms with Crippen LogP contribution in [0.2, 0.25) is 0 Å². The van der Waals surface area contributed by atoms with Gasteiger partial charge in [-0.25, -0.2) is 4.79 Å². The van der Waals surface area contributed by atoms with E-state index in [1.54, 1.807) is 6.07 Å². The van der Waals surface area contributed by atoms with E-state index in [4.69, 9.17) is 4.74 Å². The van der Waals surface area contributed by atoms with Crippen molar-refractivity contribution in [2.45, 2.75) is 0 Å². The van der Waals surface area contributed by atoms with Crippen LogP contribution in [0.3, 0.4) is 0 Å². The molecule has 3 nitrogen and oxygen atoms in total. The van der Waals surface area contributed by atoms with Crippen molar-refractivity contribution in [3.8, 4) is 0 Å². The molecule has 1 aromatic carbocycles. The molecule has 0 bridgehead atoms. The second-order valence-electron chi connectivity index (χ2n) is 2.92. The number of methoxy groups -OCH3 is 2. The van der Waals surface area contributed by atoms with Gasteiger partial charge in [-0.2, -0.15) is 18.6 Å². The summed E-state index contributed by atoms with van der Waals surface area (Å²) in [5.74, 6) is -0.437. The Hall–Kier alpha value is -0.796. The molecule has 0 N–H and O–H groups in total. The van der Waals surface area contributed by atoms with E-state index in [1.807, 2.05) is 18.2 Å². The van der Waals surface area contributed by atoms with Crippen molar-refractivity contribution in [1.29, 1.82) is 0 Å². The van der Waals surface area contributed by atoms with Gasteiger partial charge in [-0.05, 0) is 0 Å². The fourth-order valence-corrected chi connectivity index (χ4v) is 1.23. The van der Waals surface area contributed by atoms with E-state index in [0.717, 1.165) is 5.56 Å². The van der Waals surface area contributed by atoms with E-state index in [1.165, 1.54) is 20.5 Å². The number of carbonyl (C=O) groups is 1. The molecule has 0 fully saturated rings. The third kappa shape index (κ3) is 4.92. The van der Waals surface area contributed by atoms with Gasteiger partial charge >= 0.3 is 38.7 Å². The van der Waals surface area contributed by atoms with Crippen LogP contribution in [0.15, 0.2) is 30.5 Å². The van der Waals surface area contributed by atoms with E-state index in [9.17, 15) is 4.79 Å². The van der Waals surface area contributed by atoms with Gasteiger partial charge in [-0.15, -0.1) is 17.7 Å². The van der Waals surface area contributed by atoms with Crippen LogP contribution in [0.25, 0.3) is 5.57 Å². The van der Waals surface area contributed by atoms with E-state index < -0.39 is 5.97 Å². The average Bonchev–Trinajstić information content (AvgIpc) is 2.26. The molecule has 0 aliphatic rings. The summed E-state index contributed by atoms with van der Waals surface area (Å²) < 4.78 is 9.51. The maximum absolute atomic E-state index is 11.5. The quantitative estimate of drug-likeness (QED) is 0.372. The van der Waals surface area contributed by atoms with Gasteiger partial charge in [0.15, 0.2) is 0 Å². The van der Waals surface area contributed by atoms with Crippen LogP contribution >= 0.6 is 0 Å². The van der Waals surface area contributed by atoms with Crippen LogP contribution in [0.1, 0.15) is 11.1 Å². The topological polar surface area (TPSA) is 35.5 Å². The first-order chi connectivity index (χ1) is 7.20. The van der Waals surface area contributed by atoms with Gasteiger partial charge in [0.05, 0.1) is 20.5 Å². The third-order valence-electron chi connectivity index (χ3n) is 1.95. The van der Waals surface area contributed by atoms with Gasteiger partial charge < -0.3 is 16.9 Å². The van der Waals surface area contributed by atoms with Gasteiger partial charge in [0.1, 0.15) is 0 Å². The van der Waals surface area contributed by atoms with Gasteiger partial charge in [-0.3, -0.25) is 0 Å². The summed E-state index contributed by atoms with van der Waals surface area (Å²) in [5, 5.41) is 0. The molecule has 1 aromatic rings. The molecule has 88 valence electrons. The predicted octanol–water partition coefficient (Wildman–Crippen LogP) is 2.48. The third-order valence-corrected chi connectivity index (χ3v) is 1.95. The monoisotopic (exact) mass is 309 g/mol. The molecular weight excluding hydrogens is 293 g/mol. The average molecular weight is 309 g/mol. The molecular formula is C13H16O3Y+. The minimum absolute atomic E-state index is 0. The summed E-state index contributed by atoms with van der Waals surface area (Å²) in [4.78, 5) is 11.5. The Morgan fingerprint density at radius 1 is 1.29 bits per heavy atom. The Labute approximate surface area is 128 Å². The van der Waals surface area contributed by atoms with Crippen molar-refractivity contribution < 1.29 is 47.0 Å². The number of hydrogen-bond acceptors (Lipinski definition) is 3. The molecule has 0 spiro atoms. The minimum Gasteiger partial charge on any atom is -0.505 e. The van der Waals surface area contributed by atoms with Crippen LogP contribution in [0.5, 0.6) is 0 Å². The summed E-state index contributed by atoms with van der Waals surface area (Å²) in [6.45, 7) is 3.84. The van der Waals surface area contributed by atoms with Crippen LogP contribution in [-0.2, 0) is 47.0 Å². The second kappa shape index (κ2) is 9.26. The molecule has 0 unspecified atom stereocenters. The largest absolute Gasteiger partial charge is 3.00 e. The zero-order valence-electron chi connectivity index (χ0n) is 10.4. The van der Waals surface area contributed by atoms with Crippen molar-refractivity contribution in [2.24, 2.45) is 0 Å². The molecule has 0 atom stereocenters. The van der Waals surface area contributed by atoms with Crippen molar-refractivity contribution in [3.63, 3.8) is 0 Å². The minimum atomic E-state index is -0.437. The molecule has 0 aromatic heterocycles. The Morgan fingerprint density at radius 3 is 2.35 bits per heavy atom. The van der Waals surface area contributed by atoms with Gasteiger partial charge in [0.2, 0.25) is 0 Å². The summed E-state index contributed by atoms with van der Waals surface area (Å²) in [6, 6.07) is 7.30. The summed E-state index contributed by atoms with van der Waals surface area (Å²) in [6.07, 6.45) is 1.36. The summed E-state index contributed by atoms with van der Waals surface area (Å²) in [5.41, 5.74) is 1.84. The number of esters is 1. The van der Waals surface area contributed by atoms with Crippen molar-refractivity contribution in [3.05, 3.63) is 56.0 Å². The Balaban J connectivity index is 0. The summed E-state index contributed by atoms with van der Waals surface area (Å²) in [7, 11) is 2.81. The van der Waals surface area contributed by atoms with Crippen molar-refractivity contribution >= 4 is 11.5 Å². The standard InChI is InChI=1S/C12H13O3.CH3.Y/c1-9-6-4-5-7-10(9)11(8-14-2)12(13)15-3;;/h4-8H,1H2,2-3H3;1H3;/q2*-1;+3/b11-8-;;. The summed E-state index contributed by atoms with van der Waals surface area (Å²) >= 11 is 0. The molecule has 0 radical (unpaired) electrons. The molecule has 4 heteroatoms. The molecule has 0 amide bonds. The van der Waals surface area contributed by atoms with Gasteiger partial charge in [-0.1, -0.05) is 6.07 Å². The molecule has 0 heterocycles. The van der Waals surface area contributed by atoms with Crippen LogP contribution in [-0.4, -0.2) is 20.2 Å². The smallest absolute Gasteiger partial charge is 0.505 e. The first kappa shape index (κ1) is 18.6. The zero-order valence-corrected chi connectivity index (χ0v) is 13.2. The van der Waals surface area contributed by atoms with Crippen LogP contribution in [0, 0.1) is 14.4 Å². The second-order valence-corrected chi connectivity index (χ2v) is 2.92. The maximum Gasteiger partial charge on any atom is 3.00 e. The van der Waals surface area contributed by atoms with Gasteiger partial charge in [0.25, 0.3) is 0 Å². The first-order valence-corrected chi connectivity index (χ1v) is 4.43. The Morgan fingerprint density at radius 2 is 1.88 bits per heavy atom. The number of rotatable bonds is 3. The van der Waals surface area contributed by atoms with Gasteiger partial charge in [0, 0.05) is 5.57 Å². The van der Waals surface area contributed by atoms with E-state index in [-0.39, 0.29) is 40.1 Å². The molecule has 17 heavy (non-hydrogen) atoms. The number of hydrogen-bond donors (Lipinski definition) is 0. The molecule has 0 saturated heterocycles. The SMILES string of the molecule is [CH2-]c1ccccc1/C(=C/OC)C(=O)OC.[CH3-].[Y+3]. The fraction of sp³-hybridized carbons (Fsp3) is 0.154. The van der Waals surface area contributed by atoms with Crippen molar-refractivity contribution in [2.75, 3.05) is 14.2 Å². The molecule has 0 aliphatic carbocycles. The molecule has 0 saturated carbocycles. The maximum atomic E-state index is 11.5. The zero-order chi connectivity index (χ0) is 11.3. The van der Waals surface area contributed by atoms with E-state index >= 15 is 0 Å². The molecule has 0 aliphatic heterocycles. The number of carbonyl (C=O) groups excluding carboxylic acids is 1. The van der Waals surface area contributed by atoms with E-state index in [2.05, 4.69) is 11.7 Å². The van der Waals surface area contributed by atoms with Crippen molar-refractivity contribution in [1.82, 2.24) is 0 Å².